The minimum atomic E-state index is -0.552. The number of nitro benzene ring substituents is 1. The predicted octanol–water partition coefficient (Wildman–Crippen LogP) is 3.04. The molecule has 0 aliphatic carbocycles. The van der Waals surface area contributed by atoms with E-state index in [0.717, 1.165) is 5.56 Å². The highest BCUT2D eigenvalue weighted by Gasteiger charge is 2.21. The van der Waals surface area contributed by atoms with Gasteiger partial charge in [0.05, 0.1) is 4.92 Å². The Morgan fingerprint density at radius 2 is 2.11 bits per heavy atom. The van der Waals surface area contributed by atoms with Crippen LogP contribution in [0.3, 0.4) is 0 Å². The maximum atomic E-state index is 12.1. The summed E-state index contributed by atoms with van der Waals surface area (Å²) < 4.78 is 0. The molecular formula is C13H17ClN2O3. The van der Waals surface area contributed by atoms with Crippen LogP contribution in [0.1, 0.15) is 36.2 Å². The van der Waals surface area contributed by atoms with E-state index in [1.165, 1.54) is 12.1 Å². The number of hydrogen-bond acceptors (Lipinski definition) is 3. The largest absolute Gasteiger partial charge is 0.349 e. The van der Waals surface area contributed by atoms with E-state index in [4.69, 9.17) is 11.6 Å². The lowest BCUT2D eigenvalue weighted by Crippen LogP contribution is -2.34. The molecule has 1 aromatic rings. The number of nitrogens with zero attached hydrogens (tertiary/aromatic N) is 1. The van der Waals surface area contributed by atoms with Gasteiger partial charge in [-0.05, 0) is 38.8 Å². The van der Waals surface area contributed by atoms with E-state index in [0.29, 0.717) is 6.42 Å². The molecule has 0 saturated carbocycles. The molecule has 1 N–H and O–H groups in total. The van der Waals surface area contributed by atoms with Crippen LogP contribution in [0.2, 0.25) is 0 Å². The third-order valence-electron chi connectivity index (χ3n) is 2.65. The number of carbonyl (C=O) groups excluding carboxylic acids is 1. The fraction of sp³-hybridized carbons (Fsp3) is 0.462. The number of benzene rings is 1. The maximum absolute atomic E-state index is 12.1. The van der Waals surface area contributed by atoms with Gasteiger partial charge in [0.25, 0.3) is 11.6 Å². The number of carbonyl (C=O) groups is 1. The van der Waals surface area contributed by atoms with Crippen molar-refractivity contribution in [3.63, 3.8) is 0 Å². The van der Waals surface area contributed by atoms with Gasteiger partial charge in [-0.15, -0.1) is 11.6 Å². The van der Waals surface area contributed by atoms with Crippen LogP contribution in [0.25, 0.3) is 0 Å². The second-order valence-electron chi connectivity index (χ2n) is 4.67. The molecule has 6 heteroatoms. The fourth-order valence-electron chi connectivity index (χ4n) is 1.84. The zero-order valence-electron chi connectivity index (χ0n) is 11.1. The quantitative estimate of drug-likeness (QED) is 0.513. The van der Waals surface area contributed by atoms with Gasteiger partial charge < -0.3 is 5.32 Å². The maximum Gasteiger partial charge on any atom is 0.282 e. The minimum Gasteiger partial charge on any atom is -0.349 e. The normalized spacial score (nSPS) is 13.7. The molecule has 2 unspecified atom stereocenters. The Morgan fingerprint density at radius 3 is 2.63 bits per heavy atom. The Hall–Kier alpha value is -1.62. The number of aryl methyl sites for hydroxylation is 1. The summed E-state index contributed by atoms with van der Waals surface area (Å²) in [4.78, 5) is 22.4. The summed E-state index contributed by atoms with van der Waals surface area (Å²) in [6.45, 7) is 5.43. The van der Waals surface area contributed by atoms with Gasteiger partial charge >= 0.3 is 0 Å². The van der Waals surface area contributed by atoms with Gasteiger partial charge in [0.1, 0.15) is 5.56 Å². The molecule has 0 aliphatic rings. The summed E-state index contributed by atoms with van der Waals surface area (Å²) in [6.07, 6.45) is 0.604. The fourth-order valence-corrected chi connectivity index (χ4v) is 2.11. The lowest BCUT2D eigenvalue weighted by Gasteiger charge is -2.15. The average molecular weight is 285 g/mol. The average Bonchev–Trinajstić information content (AvgIpc) is 2.26. The van der Waals surface area contributed by atoms with Crippen molar-refractivity contribution < 1.29 is 9.72 Å². The molecule has 104 valence electrons. The third kappa shape index (κ3) is 4.52. The van der Waals surface area contributed by atoms with Crippen molar-refractivity contribution in [3.8, 4) is 0 Å². The summed E-state index contributed by atoms with van der Waals surface area (Å²) >= 11 is 5.85. The van der Waals surface area contributed by atoms with Crippen LogP contribution in [-0.4, -0.2) is 22.2 Å². The first kappa shape index (κ1) is 15.4. The molecule has 0 fully saturated rings. The van der Waals surface area contributed by atoms with E-state index >= 15 is 0 Å². The van der Waals surface area contributed by atoms with Gasteiger partial charge in [0.2, 0.25) is 0 Å². The van der Waals surface area contributed by atoms with E-state index < -0.39 is 10.8 Å². The zero-order chi connectivity index (χ0) is 14.6. The van der Waals surface area contributed by atoms with Crippen LogP contribution in [0.15, 0.2) is 18.2 Å². The van der Waals surface area contributed by atoms with Crippen molar-refractivity contribution in [2.45, 2.75) is 38.6 Å². The van der Waals surface area contributed by atoms with Crippen LogP contribution in [0.4, 0.5) is 5.69 Å². The highest BCUT2D eigenvalue weighted by molar-refractivity contribution is 6.20. The summed E-state index contributed by atoms with van der Waals surface area (Å²) in [6, 6.07) is 4.34. The lowest BCUT2D eigenvalue weighted by atomic mass is 10.1. The molecule has 0 heterocycles. The Balaban J connectivity index is 2.92. The number of amides is 1. The van der Waals surface area contributed by atoms with Crippen molar-refractivity contribution in [2.24, 2.45) is 0 Å². The number of alkyl halides is 1. The van der Waals surface area contributed by atoms with Crippen molar-refractivity contribution in [1.82, 2.24) is 5.32 Å². The Labute approximate surface area is 117 Å². The minimum absolute atomic E-state index is 0.0669. The van der Waals surface area contributed by atoms with Crippen molar-refractivity contribution in [3.05, 3.63) is 39.4 Å². The molecule has 0 saturated heterocycles. The molecule has 0 aromatic heterocycles. The number of nitrogens with one attached hydrogen (secondary N) is 1. The molecule has 0 radical (unpaired) electrons. The van der Waals surface area contributed by atoms with E-state index in [1.54, 1.807) is 13.0 Å². The topological polar surface area (TPSA) is 72.2 Å². The predicted molar refractivity (Wildman–Crippen MR) is 74.7 cm³/mol. The van der Waals surface area contributed by atoms with Crippen LogP contribution >= 0.6 is 11.6 Å². The van der Waals surface area contributed by atoms with Crippen LogP contribution in [0.5, 0.6) is 0 Å². The molecule has 0 aliphatic heterocycles. The van der Waals surface area contributed by atoms with Crippen molar-refractivity contribution in [1.29, 1.82) is 0 Å². The first-order valence-corrected chi connectivity index (χ1v) is 6.45. The second-order valence-corrected chi connectivity index (χ2v) is 5.41. The number of nitro groups is 1. The summed E-state index contributed by atoms with van der Waals surface area (Å²) in [7, 11) is 0. The monoisotopic (exact) mass is 284 g/mol. The van der Waals surface area contributed by atoms with Gasteiger partial charge in [-0.25, -0.2) is 0 Å². The van der Waals surface area contributed by atoms with Crippen LogP contribution < -0.4 is 5.32 Å². The first-order chi connectivity index (χ1) is 8.81. The Kier molecular flexibility index (Phi) is 5.30. The van der Waals surface area contributed by atoms with Gasteiger partial charge in [-0.3, -0.25) is 14.9 Å². The van der Waals surface area contributed by atoms with E-state index in [9.17, 15) is 14.9 Å². The van der Waals surface area contributed by atoms with Gasteiger partial charge in [0.15, 0.2) is 0 Å². The van der Waals surface area contributed by atoms with Crippen LogP contribution in [0, 0.1) is 17.0 Å². The van der Waals surface area contributed by atoms with Crippen molar-refractivity contribution >= 4 is 23.2 Å². The highest BCUT2D eigenvalue weighted by Crippen LogP contribution is 2.20. The molecule has 5 nitrogen and oxygen atoms in total. The van der Waals surface area contributed by atoms with Gasteiger partial charge in [0, 0.05) is 17.5 Å². The highest BCUT2D eigenvalue weighted by atomic mass is 35.5. The van der Waals surface area contributed by atoms with Gasteiger partial charge in [-0.2, -0.15) is 0 Å². The van der Waals surface area contributed by atoms with Crippen LogP contribution in [-0.2, 0) is 0 Å². The summed E-state index contributed by atoms with van der Waals surface area (Å²) in [5, 5.41) is 13.6. The molecule has 1 amide bonds. The number of hydrogen-bond donors (Lipinski definition) is 1. The SMILES string of the molecule is Cc1ccc([N+](=O)[O-])c(C(=O)NC(C)CC(C)Cl)c1. The lowest BCUT2D eigenvalue weighted by molar-refractivity contribution is -0.385. The number of halogens is 1. The Bertz CT molecular complexity index is 489. The second kappa shape index (κ2) is 6.52. The molecule has 1 rings (SSSR count). The molecule has 2 atom stereocenters. The molecule has 0 bridgehead atoms. The van der Waals surface area contributed by atoms with E-state index in [2.05, 4.69) is 5.32 Å². The summed E-state index contributed by atoms with van der Waals surface area (Å²) in [5.41, 5.74) is 0.697. The molecule has 19 heavy (non-hydrogen) atoms. The zero-order valence-corrected chi connectivity index (χ0v) is 11.9. The third-order valence-corrected chi connectivity index (χ3v) is 2.83. The van der Waals surface area contributed by atoms with Gasteiger partial charge in [-0.1, -0.05) is 6.07 Å². The Morgan fingerprint density at radius 1 is 1.47 bits per heavy atom. The number of rotatable bonds is 5. The molecular weight excluding hydrogens is 268 g/mol. The van der Waals surface area contributed by atoms with E-state index in [-0.39, 0.29) is 22.7 Å². The van der Waals surface area contributed by atoms with E-state index in [1.807, 2.05) is 13.8 Å². The smallest absolute Gasteiger partial charge is 0.282 e. The standard InChI is InChI=1S/C13H17ClN2O3/c1-8-4-5-12(16(18)19)11(6-8)13(17)15-10(3)7-9(2)14/h4-6,9-10H,7H2,1-3H3,(H,15,17). The van der Waals surface area contributed by atoms with Crippen molar-refractivity contribution in [2.75, 3.05) is 0 Å². The molecule has 1 aromatic carbocycles. The first-order valence-electron chi connectivity index (χ1n) is 6.01. The summed E-state index contributed by atoms with van der Waals surface area (Å²) in [5.74, 6) is -0.444. The molecule has 0 spiro atoms.